The first-order chi connectivity index (χ1) is 10.2. The monoisotopic (exact) mass is 312 g/mol. The van der Waals surface area contributed by atoms with Crippen molar-refractivity contribution >= 4 is 11.8 Å². The summed E-state index contributed by atoms with van der Waals surface area (Å²) in [6.45, 7) is 5.33. The molecular weight excluding hydrogens is 288 g/mol. The summed E-state index contributed by atoms with van der Waals surface area (Å²) in [5.41, 5.74) is 5.68. The molecule has 124 valence electrons. The summed E-state index contributed by atoms with van der Waals surface area (Å²) in [6, 6.07) is 3.18. The zero-order valence-corrected chi connectivity index (χ0v) is 13.6. The lowest BCUT2D eigenvalue weighted by Crippen LogP contribution is -2.27. The first kappa shape index (κ1) is 18.1. The number of hydrogen-bond acceptors (Lipinski definition) is 6. The lowest BCUT2D eigenvalue weighted by atomic mass is 10.1. The molecule has 0 aliphatic heterocycles. The van der Waals surface area contributed by atoms with Crippen LogP contribution in [0.1, 0.15) is 32.4 Å². The van der Waals surface area contributed by atoms with Gasteiger partial charge in [-0.1, -0.05) is 0 Å². The van der Waals surface area contributed by atoms with Crippen LogP contribution in [-0.4, -0.2) is 37.6 Å². The average molecular weight is 312 g/mol. The Bertz CT molecular complexity index is 525. The molecule has 0 radical (unpaired) electrons. The minimum absolute atomic E-state index is 0.0430. The maximum atomic E-state index is 11.9. The molecule has 7 heteroatoms. The highest BCUT2D eigenvalue weighted by atomic mass is 16.6. The predicted molar refractivity (Wildman–Crippen MR) is 83.4 cm³/mol. The van der Waals surface area contributed by atoms with E-state index in [2.05, 4.69) is 5.32 Å². The van der Waals surface area contributed by atoms with E-state index in [1.807, 2.05) is 0 Å². The Kier molecular flexibility index (Phi) is 6.01. The molecule has 0 aliphatic rings. The number of carbonyl (C=O) groups is 1. The smallest absolute Gasteiger partial charge is 0.412 e. The molecule has 0 bridgehead atoms. The molecule has 7 nitrogen and oxygen atoms in total. The third-order valence-electron chi connectivity index (χ3n) is 2.74. The summed E-state index contributed by atoms with van der Waals surface area (Å²) in [5, 5.41) is 12.5. The normalized spacial score (nSPS) is 12.5. The van der Waals surface area contributed by atoms with Gasteiger partial charge in [-0.05, 0) is 38.5 Å². The van der Waals surface area contributed by atoms with Crippen LogP contribution in [0.25, 0.3) is 0 Å². The molecule has 0 aromatic heterocycles. The number of nitrogens with two attached hydrogens (primary N) is 1. The van der Waals surface area contributed by atoms with Gasteiger partial charge in [-0.3, -0.25) is 5.32 Å². The molecule has 0 heterocycles. The van der Waals surface area contributed by atoms with Crippen LogP contribution in [0, 0.1) is 0 Å². The first-order valence-corrected chi connectivity index (χ1v) is 6.86. The molecule has 0 fully saturated rings. The number of nitrogens with one attached hydrogen (secondary N) is 1. The molecule has 22 heavy (non-hydrogen) atoms. The third kappa shape index (κ3) is 4.78. The van der Waals surface area contributed by atoms with Crippen molar-refractivity contribution in [3.05, 3.63) is 17.7 Å². The van der Waals surface area contributed by atoms with E-state index in [4.69, 9.17) is 19.9 Å². The van der Waals surface area contributed by atoms with Crippen molar-refractivity contribution in [1.82, 2.24) is 0 Å². The van der Waals surface area contributed by atoms with Crippen molar-refractivity contribution in [2.75, 3.05) is 26.1 Å². The summed E-state index contributed by atoms with van der Waals surface area (Å²) in [4.78, 5) is 11.9. The summed E-state index contributed by atoms with van der Waals surface area (Å²) >= 11 is 0. The summed E-state index contributed by atoms with van der Waals surface area (Å²) < 4.78 is 15.7. The molecule has 0 unspecified atom stereocenters. The first-order valence-electron chi connectivity index (χ1n) is 6.86. The Morgan fingerprint density at radius 3 is 2.41 bits per heavy atom. The second-order valence-electron chi connectivity index (χ2n) is 5.68. The van der Waals surface area contributed by atoms with E-state index in [0.29, 0.717) is 22.7 Å². The number of benzene rings is 1. The maximum Gasteiger partial charge on any atom is 0.412 e. The largest absolute Gasteiger partial charge is 0.493 e. The second kappa shape index (κ2) is 7.33. The minimum atomic E-state index is -0.876. The number of ether oxygens (including phenoxy) is 3. The van der Waals surface area contributed by atoms with Gasteiger partial charge >= 0.3 is 6.09 Å². The number of methoxy groups -OCH3 is 2. The standard InChI is InChI=1S/C15H24N2O5/c1-15(2,3)22-14(19)17-10-6-9(11(18)8-16)7-12(20-4)13(10)21-5/h6-7,11,18H,8,16H2,1-5H3,(H,17,19)/t11-/m0/s1. The van der Waals surface area contributed by atoms with Crippen molar-refractivity contribution < 1.29 is 24.1 Å². The molecule has 0 saturated heterocycles. The van der Waals surface area contributed by atoms with E-state index >= 15 is 0 Å². The zero-order valence-electron chi connectivity index (χ0n) is 13.6. The van der Waals surface area contributed by atoms with E-state index in [-0.39, 0.29) is 6.54 Å². The van der Waals surface area contributed by atoms with Crippen LogP contribution in [0.15, 0.2) is 12.1 Å². The number of anilines is 1. The number of carbonyl (C=O) groups excluding carboxylic acids is 1. The van der Waals surface area contributed by atoms with Gasteiger partial charge in [0.1, 0.15) is 5.60 Å². The Morgan fingerprint density at radius 1 is 1.32 bits per heavy atom. The Morgan fingerprint density at radius 2 is 1.95 bits per heavy atom. The van der Waals surface area contributed by atoms with Crippen LogP contribution in [-0.2, 0) is 4.74 Å². The fourth-order valence-corrected chi connectivity index (χ4v) is 1.82. The number of aliphatic hydroxyl groups is 1. The molecule has 1 atom stereocenters. The van der Waals surface area contributed by atoms with E-state index in [1.54, 1.807) is 32.9 Å². The van der Waals surface area contributed by atoms with Crippen LogP contribution in [0.2, 0.25) is 0 Å². The molecule has 0 aliphatic carbocycles. The predicted octanol–water partition coefficient (Wildman–Crippen LogP) is 2.04. The van der Waals surface area contributed by atoms with Gasteiger partial charge in [0.25, 0.3) is 0 Å². The molecule has 0 saturated carbocycles. The topological polar surface area (TPSA) is 103 Å². The quantitative estimate of drug-likeness (QED) is 0.769. The lowest BCUT2D eigenvalue weighted by Gasteiger charge is -2.21. The molecule has 0 spiro atoms. The van der Waals surface area contributed by atoms with Crippen molar-refractivity contribution in [3.63, 3.8) is 0 Å². The summed E-state index contributed by atoms with van der Waals surface area (Å²) in [7, 11) is 2.92. The lowest BCUT2D eigenvalue weighted by molar-refractivity contribution is 0.0635. The van der Waals surface area contributed by atoms with Crippen LogP contribution < -0.4 is 20.5 Å². The van der Waals surface area contributed by atoms with Gasteiger partial charge in [-0.2, -0.15) is 0 Å². The van der Waals surface area contributed by atoms with Gasteiger partial charge in [0.05, 0.1) is 26.0 Å². The Balaban J connectivity index is 3.17. The van der Waals surface area contributed by atoms with Gasteiger partial charge in [-0.25, -0.2) is 4.79 Å². The van der Waals surface area contributed by atoms with Crippen molar-refractivity contribution in [2.24, 2.45) is 5.73 Å². The second-order valence-corrected chi connectivity index (χ2v) is 5.68. The summed E-state index contributed by atoms with van der Waals surface area (Å²) in [5.74, 6) is 0.708. The van der Waals surface area contributed by atoms with E-state index in [9.17, 15) is 9.90 Å². The SMILES string of the molecule is COc1cc([C@@H](O)CN)cc(NC(=O)OC(C)(C)C)c1OC. The molecule has 1 rings (SSSR count). The number of aliphatic hydroxyl groups excluding tert-OH is 1. The minimum Gasteiger partial charge on any atom is -0.493 e. The highest BCUT2D eigenvalue weighted by molar-refractivity contribution is 5.88. The molecule has 1 aromatic carbocycles. The molecule has 1 aromatic rings. The number of rotatable bonds is 5. The summed E-state index contributed by atoms with van der Waals surface area (Å²) in [6.07, 6.45) is -1.51. The molecular formula is C15H24N2O5. The fraction of sp³-hybridized carbons (Fsp3) is 0.533. The molecule has 1 amide bonds. The number of amides is 1. The van der Waals surface area contributed by atoms with Crippen LogP contribution in [0.3, 0.4) is 0 Å². The van der Waals surface area contributed by atoms with Gasteiger partial charge in [0.15, 0.2) is 11.5 Å². The Labute approximate surface area is 130 Å². The van der Waals surface area contributed by atoms with Crippen molar-refractivity contribution in [2.45, 2.75) is 32.5 Å². The fourth-order valence-electron chi connectivity index (χ4n) is 1.82. The van der Waals surface area contributed by atoms with Crippen molar-refractivity contribution in [1.29, 1.82) is 0 Å². The highest BCUT2D eigenvalue weighted by Gasteiger charge is 2.21. The highest BCUT2D eigenvalue weighted by Crippen LogP contribution is 2.38. The maximum absolute atomic E-state index is 11.9. The zero-order chi connectivity index (χ0) is 16.9. The third-order valence-corrected chi connectivity index (χ3v) is 2.74. The van der Waals surface area contributed by atoms with Crippen LogP contribution in [0.4, 0.5) is 10.5 Å². The van der Waals surface area contributed by atoms with Gasteiger partial charge in [0, 0.05) is 6.54 Å². The van der Waals surface area contributed by atoms with E-state index < -0.39 is 17.8 Å². The van der Waals surface area contributed by atoms with Crippen LogP contribution in [0.5, 0.6) is 11.5 Å². The van der Waals surface area contributed by atoms with E-state index in [1.165, 1.54) is 14.2 Å². The Hall–Kier alpha value is -1.99. The van der Waals surface area contributed by atoms with Crippen molar-refractivity contribution in [3.8, 4) is 11.5 Å². The van der Waals surface area contributed by atoms with Gasteiger partial charge in [-0.15, -0.1) is 0 Å². The van der Waals surface area contributed by atoms with E-state index in [0.717, 1.165) is 0 Å². The van der Waals surface area contributed by atoms with Gasteiger partial charge < -0.3 is 25.1 Å². The molecule has 4 N–H and O–H groups in total. The number of hydrogen-bond donors (Lipinski definition) is 3. The average Bonchev–Trinajstić information content (AvgIpc) is 2.43. The van der Waals surface area contributed by atoms with Crippen LogP contribution >= 0.6 is 0 Å². The van der Waals surface area contributed by atoms with Gasteiger partial charge in [0.2, 0.25) is 0 Å².